The zero-order chi connectivity index (χ0) is 25.8. The molecule has 1 amide bonds. The van der Waals surface area contributed by atoms with E-state index >= 15 is 0 Å². The summed E-state index contributed by atoms with van der Waals surface area (Å²) in [4.78, 5) is 26.3. The zero-order valence-electron chi connectivity index (χ0n) is 19.2. The van der Waals surface area contributed by atoms with Gasteiger partial charge in [-0.1, -0.05) is 44.2 Å². The van der Waals surface area contributed by atoms with Crippen LogP contribution in [0.3, 0.4) is 0 Å². The van der Waals surface area contributed by atoms with Crippen molar-refractivity contribution in [1.82, 2.24) is 19.3 Å². The maximum absolute atomic E-state index is 12.8. The number of aryl methyl sites for hydroxylation is 1. The van der Waals surface area contributed by atoms with Gasteiger partial charge in [0, 0.05) is 6.07 Å². The number of fused-ring (bicyclic) bond motifs is 1. The number of carbonyl (C=O) groups excluding carboxylic acids is 1. The number of carboxylic acid groups (broad SMARTS) is 1. The van der Waals surface area contributed by atoms with E-state index in [9.17, 15) is 18.0 Å². The second-order valence-electron chi connectivity index (χ2n) is 7.94. The summed E-state index contributed by atoms with van der Waals surface area (Å²) >= 11 is 0. The van der Waals surface area contributed by atoms with Crippen LogP contribution >= 0.6 is 0 Å². The summed E-state index contributed by atoms with van der Waals surface area (Å²) in [6.45, 7) is 6.29. The number of benzene rings is 2. The summed E-state index contributed by atoms with van der Waals surface area (Å²) in [5, 5.41) is 14.8. The topological polar surface area (TPSA) is 102 Å². The smallest absolute Gasteiger partial charge is 0.475 e. The Kier molecular flexibility index (Phi) is 7.58. The van der Waals surface area contributed by atoms with Gasteiger partial charge in [0.25, 0.3) is 0 Å². The number of rotatable bonds is 5. The molecule has 0 spiro atoms. The van der Waals surface area contributed by atoms with Crippen molar-refractivity contribution in [3.63, 3.8) is 0 Å². The minimum Gasteiger partial charge on any atom is -0.475 e. The lowest BCUT2D eigenvalue weighted by Crippen LogP contribution is -2.21. The molecule has 35 heavy (non-hydrogen) atoms. The molecule has 2 heterocycles. The van der Waals surface area contributed by atoms with Crippen molar-refractivity contribution in [3.8, 4) is 5.69 Å². The van der Waals surface area contributed by atoms with Crippen molar-refractivity contribution in [2.45, 2.75) is 39.4 Å². The number of aliphatic carboxylic acids is 1. The van der Waals surface area contributed by atoms with E-state index in [1.807, 2.05) is 72.2 Å². The van der Waals surface area contributed by atoms with Gasteiger partial charge in [-0.3, -0.25) is 4.79 Å². The largest absolute Gasteiger partial charge is 0.490 e. The predicted octanol–water partition coefficient (Wildman–Crippen LogP) is 4.93. The molecular weight excluding hydrogens is 463 g/mol. The van der Waals surface area contributed by atoms with E-state index in [1.165, 1.54) is 0 Å². The van der Waals surface area contributed by atoms with Crippen molar-refractivity contribution < 1.29 is 27.9 Å². The molecule has 0 fully saturated rings. The van der Waals surface area contributed by atoms with Crippen molar-refractivity contribution in [3.05, 3.63) is 72.2 Å². The molecular formula is C24H24F3N5O3. The molecule has 0 aliphatic carbocycles. The fourth-order valence-corrected chi connectivity index (χ4v) is 3.26. The van der Waals surface area contributed by atoms with Crippen molar-refractivity contribution >= 4 is 28.7 Å². The van der Waals surface area contributed by atoms with Gasteiger partial charge in [-0.05, 0) is 37.1 Å². The van der Waals surface area contributed by atoms with Gasteiger partial charge in [0.1, 0.15) is 18.2 Å². The third kappa shape index (κ3) is 6.25. The molecule has 0 aliphatic heterocycles. The van der Waals surface area contributed by atoms with Crippen LogP contribution in [0.15, 0.2) is 60.7 Å². The lowest BCUT2D eigenvalue weighted by atomic mass is 10.1. The second kappa shape index (κ2) is 10.4. The monoisotopic (exact) mass is 487 g/mol. The standard InChI is InChI=1S/C22H23N5O.C2HF3O2/c1-15(2)19-13-21(27(25-19)17-9-5-4-6-10-17)24-22(28)14-26-16(3)23-18-11-7-8-12-20(18)26;3-2(4,5)1(6)7/h4-13,15H,14H2,1-3H3,(H,24,28);(H,6,7). The highest BCUT2D eigenvalue weighted by Gasteiger charge is 2.38. The molecule has 2 N–H and O–H groups in total. The molecule has 2 aromatic carbocycles. The van der Waals surface area contributed by atoms with Crippen molar-refractivity contribution in [2.24, 2.45) is 0 Å². The van der Waals surface area contributed by atoms with Crippen LogP contribution in [0.2, 0.25) is 0 Å². The highest BCUT2D eigenvalue weighted by atomic mass is 19.4. The van der Waals surface area contributed by atoms with E-state index < -0.39 is 12.1 Å². The summed E-state index contributed by atoms with van der Waals surface area (Å²) in [7, 11) is 0. The van der Waals surface area contributed by atoms with Crippen LogP contribution in [0.25, 0.3) is 16.7 Å². The molecule has 184 valence electrons. The number of imidazole rings is 1. The third-order valence-electron chi connectivity index (χ3n) is 4.98. The molecule has 0 unspecified atom stereocenters. The van der Waals surface area contributed by atoms with Crippen LogP contribution in [0.4, 0.5) is 19.0 Å². The SMILES string of the molecule is Cc1nc2ccccc2n1CC(=O)Nc1cc(C(C)C)nn1-c1ccccc1.O=C(O)C(F)(F)F. The number of carbonyl (C=O) groups is 2. The molecule has 8 nitrogen and oxygen atoms in total. The molecule has 2 aromatic heterocycles. The number of hydrogen-bond donors (Lipinski definition) is 2. The summed E-state index contributed by atoms with van der Waals surface area (Å²) in [6.07, 6.45) is -5.08. The number of hydrogen-bond acceptors (Lipinski definition) is 4. The molecule has 0 saturated heterocycles. The number of nitrogens with zero attached hydrogens (tertiary/aromatic N) is 4. The molecule has 0 atom stereocenters. The summed E-state index contributed by atoms with van der Waals surface area (Å²) < 4.78 is 35.4. The number of carboxylic acids is 1. The van der Waals surface area contributed by atoms with Crippen LogP contribution in [0.5, 0.6) is 0 Å². The summed E-state index contributed by atoms with van der Waals surface area (Å²) in [5.74, 6) is -1.12. The van der Waals surface area contributed by atoms with Gasteiger partial charge < -0.3 is 15.0 Å². The van der Waals surface area contributed by atoms with Crippen LogP contribution < -0.4 is 5.32 Å². The predicted molar refractivity (Wildman–Crippen MR) is 124 cm³/mol. The van der Waals surface area contributed by atoms with Crippen LogP contribution in [-0.4, -0.2) is 42.5 Å². The highest BCUT2D eigenvalue weighted by molar-refractivity contribution is 5.91. The van der Waals surface area contributed by atoms with Gasteiger partial charge in [0.15, 0.2) is 0 Å². The Hall–Kier alpha value is -4.15. The van der Waals surface area contributed by atoms with Crippen LogP contribution in [0.1, 0.15) is 31.3 Å². The van der Waals surface area contributed by atoms with Gasteiger partial charge in [0.2, 0.25) is 5.91 Å². The lowest BCUT2D eigenvalue weighted by Gasteiger charge is -2.10. The zero-order valence-corrected chi connectivity index (χ0v) is 19.2. The first kappa shape index (κ1) is 25.5. The summed E-state index contributed by atoms with van der Waals surface area (Å²) in [5.41, 5.74) is 3.69. The molecule has 0 bridgehead atoms. The van der Waals surface area contributed by atoms with E-state index in [0.29, 0.717) is 5.82 Å². The lowest BCUT2D eigenvalue weighted by molar-refractivity contribution is -0.192. The van der Waals surface area contributed by atoms with E-state index in [4.69, 9.17) is 9.90 Å². The first-order chi connectivity index (χ1) is 16.5. The molecule has 0 aliphatic rings. The Morgan fingerprint density at radius 3 is 2.26 bits per heavy atom. The van der Waals surface area contributed by atoms with Crippen molar-refractivity contribution in [1.29, 1.82) is 0 Å². The number of nitrogens with one attached hydrogen (secondary N) is 1. The van der Waals surface area contributed by atoms with E-state index in [1.54, 1.807) is 4.68 Å². The molecule has 4 aromatic rings. The van der Waals surface area contributed by atoms with Gasteiger partial charge >= 0.3 is 12.1 Å². The maximum atomic E-state index is 12.8. The van der Waals surface area contributed by atoms with Crippen molar-refractivity contribution in [2.75, 3.05) is 5.32 Å². The Morgan fingerprint density at radius 1 is 1.06 bits per heavy atom. The van der Waals surface area contributed by atoms with Gasteiger partial charge in [-0.2, -0.15) is 18.3 Å². The fraction of sp³-hybridized carbons (Fsp3) is 0.250. The second-order valence-corrected chi connectivity index (χ2v) is 7.94. The molecule has 0 saturated carbocycles. The first-order valence-corrected chi connectivity index (χ1v) is 10.6. The maximum Gasteiger partial charge on any atom is 0.490 e. The Bertz CT molecular complexity index is 1330. The average Bonchev–Trinajstić information content (AvgIpc) is 3.35. The van der Waals surface area contributed by atoms with Gasteiger partial charge in [0.05, 0.1) is 22.4 Å². The Balaban J connectivity index is 0.000000429. The van der Waals surface area contributed by atoms with Gasteiger partial charge in [-0.15, -0.1) is 0 Å². The number of anilines is 1. The van der Waals surface area contributed by atoms with E-state index in [2.05, 4.69) is 29.2 Å². The molecule has 11 heteroatoms. The number of aromatic nitrogens is 4. The minimum absolute atomic E-state index is 0.112. The van der Waals surface area contributed by atoms with Gasteiger partial charge in [-0.25, -0.2) is 14.5 Å². The normalized spacial score (nSPS) is 11.3. The molecule has 0 radical (unpaired) electrons. The van der Waals surface area contributed by atoms with Crippen LogP contribution in [-0.2, 0) is 16.1 Å². The minimum atomic E-state index is -5.08. The highest BCUT2D eigenvalue weighted by Crippen LogP contribution is 2.22. The fourth-order valence-electron chi connectivity index (χ4n) is 3.26. The third-order valence-corrected chi connectivity index (χ3v) is 4.98. The summed E-state index contributed by atoms with van der Waals surface area (Å²) in [6, 6.07) is 19.6. The first-order valence-electron chi connectivity index (χ1n) is 10.6. The van der Waals surface area contributed by atoms with Crippen LogP contribution in [0, 0.1) is 6.92 Å². The quantitative estimate of drug-likeness (QED) is 0.416. The number of amides is 1. The van der Waals surface area contributed by atoms with E-state index in [-0.39, 0.29) is 18.4 Å². The number of para-hydroxylation sites is 3. The average molecular weight is 487 g/mol. The molecule has 4 rings (SSSR count). The number of alkyl halides is 3. The number of halogens is 3. The Labute approximate surface area is 199 Å². The Morgan fingerprint density at radius 2 is 1.66 bits per heavy atom. The van der Waals surface area contributed by atoms with E-state index in [0.717, 1.165) is 28.2 Å².